The van der Waals surface area contributed by atoms with Crippen LogP contribution in [0.2, 0.25) is 0 Å². The van der Waals surface area contributed by atoms with Crippen LogP contribution in [0.4, 0.5) is 0 Å². The van der Waals surface area contributed by atoms with E-state index in [9.17, 15) is 5.11 Å². The fourth-order valence-corrected chi connectivity index (χ4v) is 2.50. The Morgan fingerprint density at radius 2 is 1.24 bits per heavy atom. The van der Waals surface area contributed by atoms with Crippen LogP contribution in [0, 0.1) is 0 Å². The van der Waals surface area contributed by atoms with E-state index in [2.05, 4.69) is 6.92 Å². The van der Waals surface area contributed by atoms with E-state index in [1.54, 1.807) is 0 Å². The Morgan fingerprint density at radius 3 is 1.86 bits per heavy atom. The summed E-state index contributed by atoms with van der Waals surface area (Å²) in [6.45, 7) is 3.24. The number of aliphatic hydroxyl groups excluding tert-OH is 2. The van der Waals surface area contributed by atoms with E-state index in [1.807, 2.05) is 0 Å². The first-order valence-electron chi connectivity index (χ1n) is 9.21. The lowest BCUT2D eigenvalue weighted by molar-refractivity contribution is -0.105. The van der Waals surface area contributed by atoms with Crippen molar-refractivity contribution in [2.75, 3.05) is 13.2 Å². The highest BCUT2D eigenvalue weighted by atomic mass is 16.6. The topological polar surface area (TPSA) is 49.7 Å². The number of hydrogen-bond acceptors (Lipinski definition) is 3. The first kappa shape index (κ1) is 20.9. The summed E-state index contributed by atoms with van der Waals surface area (Å²) in [5.41, 5.74) is 0. The minimum Gasteiger partial charge on any atom is -0.396 e. The molecule has 0 aliphatic carbocycles. The van der Waals surface area contributed by atoms with Gasteiger partial charge in [0, 0.05) is 13.2 Å². The molecule has 2 N–H and O–H groups in total. The molecule has 0 fully saturated rings. The second kappa shape index (κ2) is 17.9. The van der Waals surface area contributed by atoms with Gasteiger partial charge in [0.25, 0.3) is 0 Å². The van der Waals surface area contributed by atoms with Gasteiger partial charge in [0.1, 0.15) is 0 Å². The van der Waals surface area contributed by atoms with Crippen molar-refractivity contribution in [2.45, 2.75) is 103 Å². The molecule has 1 unspecified atom stereocenters. The smallest absolute Gasteiger partial charge is 0.154 e. The van der Waals surface area contributed by atoms with Crippen LogP contribution in [0.3, 0.4) is 0 Å². The highest BCUT2D eigenvalue weighted by molar-refractivity contribution is 4.49. The summed E-state index contributed by atoms with van der Waals surface area (Å²) in [5.74, 6) is 0. The molecule has 0 aromatic heterocycles. The third kappa shape index (κ3) is 17.8. The number of unbranched alkanes of at least 4 members (excludes halogenated alkanes) is 11. The van der Waals surface area contributed by atoms with Gasteiger partial charge >= 0.3 is 0 Å². The molecule has 0 bridgehead atoms. The summed E-state index contributed by atoms with van der Waals surface area (Å²) in [6.07, 6.45) is 15.8. The molecule has 0 spiro atoms. The zero-order chi connectivity index (χ0) is 15.6. The molecule has 0 heterocycles. The van der Waals surface area contributed by atoms with E-state index in [1.165, 1.54) is 44.9 Å². The number of aliphatic hydroxyl groups is 2. The highest BCUT2D eigenvalue weighted by Crippen LogP contribution is 2.10. The molecule has 0 amide bonds. The van der Waals surface area contributed by atoms with E-state index in [0.717, 1.165) is 44.9 Å². The molecule has 0 saturated heterocycles. The SMILES string of the molecule is CCCCCCCCCCOC(O)CCCCCCCO. The van der Waals surface area contributed by atoms with Gasteiger partial charge in [-0.05, 0) is 25.7 Å². The maximum absolute atomic E-state index is 9.69. The summed E-state index contributed by atoms with van der Waals surface area (Å²) in [4.78, 5) is 0. The first-order valence-corrected chi connectivity index (χ1v) is 9.21. The minimum atomic E-state index is -0.576. The monoisotopic (exact) mass is 302 g/mol. The molecular formula is C18H38O3. The summed E-state index contributed by atoms with van der Waals surface area (Å²) >= 11 is 0. The maximum atomic E-state index is 9.69. The van der Waals surface area contributed by atoms with Crippen molar-refractivity contribution >= 4 is 0 Å². The Labute approximate surface area is 132 Å². The van der Waals surface area contributed by atoms with E-state index in [-0.39, 0.29) is 0 Å². The molecule has 0 aliphatic rings. The van der Waals surface area contributed by atoms with Crippen LogP contribution in [0.1, 0.15) is 96.8 Å². The molecule has 0 aromatic carbocycles. The van der Waals surface area contributed by atoms with Crippen LogP contribution < -0.4 is 0 Å². The largest absolute Gasteiger partial charge is 0.396 e. The van der Waals surface area contributed by atoms with Gasteiger partial charge in [0.15, 0.2) is 6.29 Å². The van der Waals surface area contributed by atoms with Crippen LogP contribution in [-0.4, -0.2) is 29.7 Å². The van der Waals surface area contributed by atoms with Crippen molar-refractivity contribution in [3.8, 4) is 0 Å². The lowest BCUT2D eigenvalue weighted by Crippen LogP contribution is -2.12. The molecular weight excluding hydrogens is 264 g/mol. The quantitative estimate of drug-likeness (QED) is 0.300. The molecule has 0 rings (SSSR count). The van der Waals surface area contributed by atoms with Crippen molar-refractivity contribution in [1.82, 2.24) is 0 Å². The van der Waals surface area contributed by atoms with Crippen LogP contribution in [0.5, 0.6) is 0 Å². The second-order valence-electron chi connectivity index (χ2n) is 6.08. The molecule has 21 heavy (non-hydrogen) atoms. The van der Waals surface area contributed by atoms with Gasteiger partial charge in [-0.1, -0.05) is 71.1 Å². The normalized spacial score (nSPS) is 12.7. The van der Waals surface area contributed by atoms with Gasteiger partial charge in [-0.2, -0.15) is 0 Å². The van der Waals surface area contributed by atoms with Crippen molar-refractivity contribution < 1.29 is 14.9 Å². The van der Waals surface area contributed by atoms with Crippen LogP contribution in [0.15, 0.2) is 0 Å². The molecule has 0 aliphatic heterocycles. The summed E-state index contributed by atoms with van der Waals surface area (Å²) in [6, 6.07) is 0. The first-order chi connectivity index (χ1) is 10.3. The van der Waals surface area contributed by atoms with Gasteiger partial charge < -0.3 is 14.9 Å². The summed E-state index contributed by atoms with van der Waals surface area (Å²) in [5, 5.41) is 18.4. The molecule has 0 aromatic rings. The van der Waals surface area contributed by atoms with E-state index < -0.39 is 6.29 Å². The fraction of sp³-hybridized carbons (Fsp3) is 1.00. The Hall–Kier alpha value is -0.120. The Balaban J connectivity index is 3.10. The highest BCUT2D eigenvalue weighted by Gasteiger charge is 2.03. The van der Waals surface area contributed by atoms with Crippen LogP contribution in [-0.2, 0) is 4.74 Å². The van der Waals surface area contributed by atoms with Gasteiger partial charge in [-0.3, -0.25) is 0 Å². The van der Waals surface area contributed by atoms with Gasteiger partial charge in [-0.25, -0.2) is 0 Å². The van der Waals surface area contributed by atoms with E-state index >= 15 is 0 Å². The maximum Gasteiger partial charge on any atom is 0.154 e. The Morgan fingerprint density at radius 1 is 0.714 bits per heavy atom. The third-order valence-electron chi connectivity index (χ3n) is 3.92. The van der Waals surface area contributed by atoms with Gasteiger partial charge in [-0.15, -0.1) is 0 Å². The average Bonchev–Trinajstić information content (AvgIpc) is 2.49. The predicted molar refractivity (Wildman–Crippen MR) is 89.4 cm³/mol. The van der Waals surface area contributed by atoms with Gasteiger partial charge in [0.05, 0.1) is 0 Å². The van der Waals surface area contributed by atoms with Crippen molar-refractivity contribution in [3.05, 3.63) is 0 Å². The van der Waals surface area contributed by atoms with Crippen molar-refractivity contribution in [3.63, 3.8) is 0 Å². The molecule has 0 saturated carbocycles. The van der Waals surface area contributed by atoms with E-state index in [0.29, 0.717) is 13.2 Å². The molecule has 3 nitrogen and oxygen atoms in total. The molecule has 3 heteroatoms. The number of rotatable bonds is 17. The predicted octanol–water partition coefficient (Wildman–Crippen LogP) is 4.80. The van der Waals surface area contributed by atoms with Crippen molar-refractivity contribution in [1.29, 1.82) is 0 Å². The minimum absolute atomic E-state index is 0.296. The van der Waals surface area contributed by atoms with Crippen LogP contribution in [0.25, 0.3) is 0 Å². The standard InChI is InChI=1S/C18H38O3/c1-2-3-4-5-6-7-11-14-17-21-18(20)15-12-9-8-10-13-16-19/h18-20H,2-17H2,1H3. The molecule has 1 atom stereocenters. The average molecular weight is 302 g/mol. The fourth-order valence-electron chi connectivity index (χ4n) is 2.50. The second-order valence-corrected chi connectivity index (χ2v) is 6.08. The lowest BCUT2D eigenvalue weighted by Gasteiger charge is -2.11. The number of ether oxygens (including phenoxy) is 1. The van der Waals surface area contributed by atoms with Crippen LogP contribution >= 0.6 is 0 Å². The number of hydrogen-bond donors (Lipinski definition) is 2. The Bertz CT molecular complexity index is 185. The van der Waals surface area contributed by atoms with Crippen molar-refractivity contribution in [2.24, 2.45) is 0 Å². The zero-order valence-corrected chi connectivity index (χ0v) is 14.2. The van der Waals surface area contributed by atoms with E-state index in [4.69, 9.17) is 9.84 Å². The third-order valence-corrected chi connectivity index (χ3v) is 3.92. The zero-order valence-electron chi connectivity index (χ0n) is 14.2. The lowest BCUT2D eigenvalue weighted by atomic mass is 10.1. The summed E-state index contributed by atoms with van der Waals surface area (Å²) in [7, 11) is 0. The van der Waals surface area contributed by atoms with Gasteiger partial charge in [0.2, 0.25) is 0 Å². The summed E-state index contributed by atoms with van der Waals surface area (Å²) < 4.78 is 5.43. The molecule has 128 valence electrons. The Kier molecular flexibility index (Phi) is 17.8. The molecule has 0 radical (unpaired) electrons.